The van der Waals surface area contributed by atoms with E-state index in [2.05, 4.69) is 0 Å². The fraction of sp³-hybridized carbons (Fsp3) is 0.231. The van der Waals surface area contributed by atoms with E-state index in [1.165, 1.54) is 7.11 Å². The van der Waals surface area contributed by atoms with Gasteiger partial charge in [-0.05, 0) is 12.1 Å². The minimum atomic E-state index is -0.810. The molecule has 5 nitrogen and oxygen atoms in total. The Hall–Kier alpha value is -2.14. The van der Waals surface area contributed by atoms with Gasteiger partial charge in [-0.3, -0.25) is 4.79 Å². The highest BCUT2D eigenvalue weighted by molar-refractivity contribution is 5.97. The molecule has 1 aromatic carbocycles. The fourth-order valence-electron chi connectivity index (χ4n) is 2.35. The lowest BCUT2D eigenvalue weighted by atomic mass is 10.1. The number of pyridine rings is 1. The molecule has 0 bridgehead atoms. The summed E-state index contributed by atoms with van der Waals surface area (Å²) in [4.78, 5) is 24.0. The van der Waals surface area contributed by atoms with Crippen molar-refractivity contribution in [1.82, 2.24) is 4.57 Å². The third-order valence-electron chi connectivity index (χ3n) is 3.21. The molecule has 92 valence electrons. The predicted octanol–water partition coefficient (Wildman–Crippen LogP) is 1.35. The maximum Gasteiger partial charge on any atom is 0.346 e. The number of hydrogen-bond donors (Lipinski definition) is 0. The largest absolute Gasteiger partial charge is 0.426 e. The SMILES string of the molecule is COC1OC(=O)c2c1n(C)c1ccccc1c2=O. The van der Waals surface area contributed by atoms with Gasteiger partial charge in [0.1, 0.15) is 11.3 Å². The first-order valence-corrected chi connectivity index (χ1v) is 5.50. The van der Waals surface area contributed by atoms with Crippen molar-refractivity contribution in [3.8, 4) is 0 Å². The van der Waals surface area contributed by atoms with E-state index in [1.54, 1.807) is 23.7 Å². The average Bonchev–Trinajstić information content (AvgIpc) is 2.73. The molecule has 0 aliphatic carbocycles. The molecule has 3 rings (SSSR count). The van der Waals surface area contributed by atoms with Crippen LogP contribution >= 0.6 is 0 Å². The highest BCUT2D eigenvalue weighted by Gasteiger charge is 2.36. The summed E-state index contributed by atoms with van der Waals surface area (Å²) in [6, 6.07) is 7.13. The molecule has 1 atom stereocenters. The highest BCUT2D eigenvalue weighted by Crippen LogP contribution is 2.30. The van der Waals surface area contributed by atoms with Crippen molar-refractivity contribution in [2.24, 2.45) is 7.05 Å². The lowest BCUT2D eigenvalue weighted by molar-refractivity contribution is -0.0848. The third kappa shape index (κ3) is 1.25. The van der Waals surface area contributed by atoms with Gasteiger partial charge in [-0.1, -0.05) is 12.1 Å². The molecule has 0 fully saturated rings. The van der Waals surface area contributed by atoms with Crippen molar-refractivity contribution in [2.45, 2.75) is 6.29 Å². The number of carbonyl (C=O) groups excluding carboxylic acids is 1. The van der Waals surface area contributed by atoms with Crippen LogP contribution in [-0.2, 0) is 16.5 Å². The van der Waals surface area contributed by atoms with E-state index < -0.39 is 12.3 Å². The Labute approximate surface area is 103 Å². The van der Waals surface area contributed by atoms with Gasteiger partial charge in [0.2, 0.25) is 11.7 Å². The molecule has 1 aromatic heterocycles. The quantitative estimate of drug-likeness (QED) is 0.712. The number of aromatic nitrogens is 1. The Morgan fingerprint density at radius 2 is 2.00 bits per heavy atom. The number of nitrogens with zero attached hydrogens (tertiary/aromatic N) is 1. The van der Waals surface area contributed by atoms with Gasteiger partial charge < -0.3 is 14.0 Å². The molecule has 18 heavy (non-hydrogen) atoms. The van der Waals surface area contributed by atoms with E-state index in [0.29, 0.717) is 11.1 Å². The zero-order valence-corrected chi connectivity index (χ0v) is 9.97. The summed E-state index contributed by atoms with van der Waals surface area (Å²) in [5, 5.41) is 0.507. The van der Waals surface area contributed by atoms with Crippen LogP contribution < -0.4 is 5.43 Å². The van der Waals surface area contributed by atoms with Crippen LogP contribution in [0.1, 0.15) is 22.3 Å². The van der Waals surface area contributed by atoms with Crippen LogP contribution in [-0.4, -0.2) is 17.6 Å². The standard InChI is InChI=1S/C13H11NO4/c1-14-8-6-4-3-5-7(8)11(15)9-10(14)13(17-2)18-12(9)16/h3-6,13H,1-2H3. The van der Waals surface area contributed by atoms with Crippen molar-refractivity contribution in [3.05, 3.63) is 45.7 Å². The molecule has 0 radical (unpaired) electrons. The molecule has 5 heteroatoms. The second kappa shape index (κ2) is 3.68. The Morgan fingerprint density at radius 1 is 1.28 bits per heavy atom. The Balaban J connectivity index is 2.51. The second-order valence-corrected chi connectivity index (χ2v) is 4.14. The number of rotatable bonds is 1. The summed E-state index contributed by atoms with van der Waals surface area (Å²) >= 11 is 0. The fourth-order valence-corrected chi connectivity index (χ4v) is 2.35. The van der Waals surface area contributed by atoms with Crippen LogP contribution in [0.5, 0.6) is 0 Å². The van der Waals surface area contributed by atoms with Gasteiger partial charge >= 0.3 is 5.97 Å². The molecule has 0 saturated heterocycles. The van der Waals surface area contributed by atoms with Crippen molar-refractivity contribution in [2.75, 3.05) is 7.11 Å². The number of cyclic esters (lactones) is 1. The van der Waals surface area contributed by atoms with Crippen LogP contribution in [0.4, 0.5) is 0 Å². The Kier molecular flexibility index (Phi) is 2.24. The maximum atomic E-state index is 12.3. The predicted molar refractivity (Wildman–Crippen MR) is 64.4 cm³/mol. The van der Waals surface area contributed by atoms with Crippen molar-refractivity contribution >= 4 is 16.9 Å². The van der Waals surface area contributed by atoms with Crippen LogP contribution in [0, 0.1) is 0 Å². The first-order chi connectivity index (χ1) is 8.65. The van der Waals surface area contributed by atoms with E-state index in [-0.39, 0.29) is 11.0 Å². The number of hydrogen-bond acceptors (Lipinski definition) is 4. The van der Waals surface area contributed by atoms with Crippen LogP contribution in [0.15, 0.2) is 29.1 Å². The molecular weight excluding hydrogens is 234 g/mol. The number of ether oxygens (including phenoxy) is 2. The average molecular weight is 245 g/mol. The summed E-state index contributed by atoms with van der Waals surface area (Å²) in [7, 11) is 3.22. The van der Waals surface area contributed by atoms with Gasteiger partial charge in [-0.15, -0.1) is 0 Å². The van der Waals surface area contributed by atoms with Gasteiger partial charge in [-0.25, -0.2) is 4.79 Å². The van der Waals surface area contributed by atoms with Crippen LogP contribution in [0.25, 0.3) is 10.9 Å². The number of benzene rings is 1. The van der Waals surface area contributed by atoms with Crippen LogP contribution in [0.3, 0.4) is 0 Å². The van der Waals surface area contributed by atoms with Gasteiger partial charge in [0.15, 0.2) is 0 Å². The van der Waals surface area contributed by atoms with Crippen LogP contribution in [0.2, 0.25) is 0 Å². The van der Waals surface area contributed by atoms with Gasteiger partial charge in [0, 0.05) is 19.5 Å². The topological polar surface area (TPSA) is 57.5 Å². The molecule has 2 aromatic rings. The number of methoxy groups -OCH3 is 1. The molecule has 1 unspecified atom stereocenters. The smallest absolute Gasteiger partial charge is 0.346 e. The lowest BCUT2D eigenvalue weighted by Crippen LogP contribution is -2.18. The van der Waals surface area contributed by atoms with Gasteiger partial charge in [0.25, 0.3) is 0 Å². The van der Waals surface area contributed by atoms with E-state index in [9.17, 15) is 9.59 Å². The zero-order valence-electron chi connectivity index (χ0n) is 9.97. The number of esters is 1. The summed E-state index contributed by atoms with van der Waals surface area (Å²) in [5.74, 6) is -0.622. The monoisotopic (exact) mass is 245 g/mol. The molecule has 1 aliphatic heterocycles. The lowest BCUT2D eigenvalue weighted by Gasteiger charge is -2.14. The summed E-state index contributed by atoms with van der Waals surface area (Å²) < 4.78 is 11.9. The normalized spacial score (nSPS) is 17.9. The molecular formula is C13H11NO4. The summed E-state index contributed by atoms with van der Waals surface area (Å²) in [5.41, 5.74) is 0.999. The molecule has 1 aliphatic rings. The minimum Gasteiger partial charge on any atom is -0.426 e. The van der Waals surface area contributed by atoms with E-state index in [1.807, 2.05) is 12.1 Å². The van der Waals surface area contributed by atoms with Gasteiger partial charge in [-0.2, -0.15) is 0 Å². The van der Waals surface area contributed by atoms with Crippen molar-refractivity contribution < 1.29 is 14.3 Å². The van der Waals surface area contributed by atoms with Gasteiger partial charge in [0.05, 0.1) is 5.52 Å². The number of para-hydroxylation sites is 1. The van der Waals surface area contributed by atoms with E-state index >= 15 is 0 Å². The van der Waals surface area contributed by atoms with Crippen molar-refractivity contribution in [1.29, 1.82) is 0 Å². The number of carbonyl (C=O) groups is 1. The molecule has 2 heterocycles. The third-order valence-corrected chi connectivity index (χ3v) is 3.21. The Morgan fingerprint density at radius 3 is 2.72 bits per heavy atom. The molecule has 0 N–H and O–H groups in total. The second-order valence-electron chi connectivity index (χ2n) is 4.14. The number of fused-ring (bicyclic) bond motifs is 2. The first-order valence-electron chi connectivity index (χ1n) is 5.50. The number of aryl methyl sites for hydroxylation is 1. The van der Waals surface area contributed by atoms with E-state index in [4.69, 9.17) is 9.47 Å². The Bertz CT molecular complexity index is 717. The molecule has 0 saturated carbocycles. The highest BCUT2D eigenvalue weighted by atomic mass is 16.7. The summed E-state index contributed by atoms with van der Waals surface area (Å²) in [6.07, 6.45) is -0.810. The molecule has 0 amide bonds. The first kappa shape index (κ1) is 11.0. The minimum absolute atomic E-state index is 0.0723. The summed E-state index contributed by atoms with van der Waals surface area (Å²) in [6.45, 7) is 0. The van der Waals surface area contributed by atoms with Crippen molar-refractivity contribution in [3.63, 3.8) is 0 Å². The zero-order chi connectivity index (χ0) is 12.9. The maximum absolute atomic E-state index is 12.3. The molecule has 0 spiro atoms. The van der Waals surface area contributed by atoms with E-state index in [0.717, 1.165) is 5.52 Å².